The lowest BCUT2D eigenvalue weighted by Gasteiger charge is -2.43. The van der Waals surface area contributed by atoms with Crippen LogP contribution in [0.15, 0.2) is 59.8 Å². The average Bonchev–Trinajstić information content (AvgIpc) is 2.80. The van der Waals surface area contributed by atoms with Gasteiger partial charge in [-0.05, 0) is 57.0 Å². The molecule has 7 heteroatoms. The van der Waals surface area contributed by atoms with Gasteiger partial charge in [-0.2, -0.15) is 5.10 Å². The third kappa shape index (κ3) is 4.92. The number of amides is 1. The van der Waals surface area contributed by atoms with Gasteiger partial charge in [0.15, 0.2) is 6.61 Å². The lowest BCUT2D eigenvalue weighted by atomic mass is 9.88. The predicted molar refractivity (Wildman–Crippen MR) is 140 cm³/mol. The van der Waals surface area contributed by atoms with Crippen molar-refractivity contribution >= 4 is 45.9 Å². The van der Waals surface area contributed by atoms with Crippen LogP contribution in [0.2, 0.25) is 5.02 Å². The summed E-state index contributed by atoms with van der Waals surface area (Å²) in [6.45, 7) is 9.48. The molecular weight excluding hydrogens is 448 g/mol. The number of para-hydroxylation sites is 1. The van der Waals surface area contributed by atoms with Crippen molar-refractivity contribution in [1.82, 2.24) is 10.4 Å². The molecule has 1 amide bonds. The number of ether oxygens (including phenoxy) is 1. The van der Waals surface area contributed by atoms with E-state index < -0.39 is 0 Å². The molecule has 0 radical (unpaired) electrons. The Morgan fingerprint density at radius 3 is 2.85 bits per heavy atom. The number of nitrogens with zero attached hydrogens (tertiary/aromatic N) is 3. The minimum Gasteiger partial charge on any atom is -0.481 e. The quantitative estimate of drug-likeness (QED) is 0.344. The molecule has 1 aliphatic rings. The summed E-state index contributed by atoms with van der Waals surface area (Å²) in [7, 11) is 0. The maximum Gasteiger partial charge on any atom is 0.277 e. The van der Waals surface area contributed by atoms with Gasteiger partial charge in [0.2, 0.25) is 0 Å². The second-order valence-corrected chi connectivity index (χ2v) is 9.34. The Labute approximate surface area is 205 Å². The highest BCUT2D eigenvalue weighted by molar-refractivity contribution is 6.33. The van der Waals surface area contributed by atoms with Crippen molar-refractivity contribution in [1.29, 1.82) is 0 Å². The van der Waals surface area contributed by atoms with Crippen molar-refractivity contribution in [3.8, 4) is 5.75 Å². The van der Waals surface area contributed by atoms with Crippen LogP contribution in [0.25, 0.3) is 16.5 Å². The summed E-state index contributed by atoms with van der Waals surface area (Å²) in [6, 6.07) is 13.4. The summed E-state index contributed by atoms with van der Waals surface area (Å²) in [4.78, 5) is 19.0. The lowest BCUT2D eigenvalue weighted by Crippen LogP contribution is -2.45. The Morgan fingerprint density at radius 1 is 1.26 bits per heavy atom. The van der Waals surface area contributed by atoms with Crippen LogP contribution in [0.4, 0.5) is 5.69 Å². The number of hydrogen-bond donors (Lipinski definition) is 1. The number of aromatic nitrogens is 1. The monoisotopic (exact) mass is 476 g/mol. The number of carbonyl (C=O) groups is 1. The number of hydrazone groups is 1. The first kappa shape index (κ1) is 23.8. The molecule has 4 rings (SSSR count). The number of pyridine rings is 1. The molecule has 0 unspecified atom stereocenters. The molecule has 1 aliphatic heterocycles. The molecule has 6 nitrogen and oxygen atoms in total. The number of anilines is 1. The Balaban J connectivity index is 1.45. The van der Waals surface area contributed by atoms with Gasteiger partial charge in [-0.15, -0.1) is 0 Å². The third-order valence-electron chi connectivity index (χ3n) is 5.89. The van der Waals surface area contributed by atoms with Gasteiger partial charge in [-0.25, -0.2) is 5.43 Å². The zero-order valence-electron chi connectivity index (χ0n) is 19.9. The predicted octanol–water partition coefficient (Wildman–Crippen LogP) is 5.83. The van der Waals surface area contributed by atoms with Crippen molar-refractivity contribution in [2.45, 2.75) is 39.7 Å². The number of benzene rings is 2. The van der Waals surface area contributed by atoms with Gasteiger partial charge in [-0.1, -0.05) is 42.8 Å². The summed E-state index contributed by atoms with van der Waals surface area (Å²) in [5, 5.41) is 5.63. The number of halogens is 1. The molecule has 2 aromatic carbocycles. The standard InChI is InChI=1S/C27H29ClN4O2/c1-5-12-32-23-14-22(28)20(13-21(23)18(2)15-27(32,3)4)16-30-31-25(33)17-34-24-10-6-8-19-9-7-11-29-26(19)24/h6-11,13-16H,5,12,17H2,1-4H3,(H,31,33)/b30-16-. The number of hydrogen-bond acceptors (Lipinski definition) is 5. The van der Waals surface area contributed by atoms with E-state index in [1.807, 2.05) is 36.4 Å². The van der Waals surface area contributed by atoms with E-state index >= 15 is 0 Å². The summed E-state index contributed by atoms with van der Waals surface area (Å²) >= 11 is 6.60. The number of rotatable bonds is 7. The fourth-order valence-corrected chi connectivity index (χ4v) is 4.59. The highest BCUT2D eigenvalue weighted by Gasteiger charge is 2.31. The van der Waals surface area contributed by atoms with Crippen LogP contribution in [0.1, 0.15) is 45.2 Å². The first-order valence-corrected chi connectivity index (χ1v) is 11.8. The maximum atomic E-state index is 12.3. The van der Waals surface area contributed by atoms with Gasteiger partial charge in [0.25, 0.3) is 5.91 Å². The summed E-state index contributed by atoms with van der Waals surface area (Å²) in [5.41, 5.74) is 7.32. The Hall–Kier alpha value is -3.38. The van der Waals surface area contributed by atoms with Crippen molar-refractivity contribution in [3.63, 3.8) is 0 Å². The first-order chi connectivity index (χ1) is 16.3. The van der Waals surface area contributed by atoms with Crippen LogP contribution in [0, 0.1) is 0 Å². The summed E-state index contributed by atoms with van der Waals surface area (Å²) < 4.78 is 5.66. The van der Waals surface area contributed by atoms with Crippen molar-refractivity contribution in [3.05, 3.63) is 70.9 Å². The molecular formula is C27H29ClN4O2. The Bertz CT molecular complexity index is 1280. The Morgan fingerprint density at radius 2 is 2.06 bits per heavy atom. The minimum atomic E-state index is -0.370. The molecule has 0 aliphatic carbocycles. The zero-order valence-corrected chi connectivity index (χ0v) is 20.7. The molecule has 0 fully saturated rings. The molecule has 0 bridgehead atoms. The van der Waals surface area contributed by atoms with Gasteiger partial charge in [-0.3, -0.25) is 9.78 Å². The van der Waals surface area contributed by atoms with Crippen LogP contribution in [-0.4, -0.2) is 35.8 Å². The van der Waals surface area contributed by atoms with E-state index in [9.17, 15) is 4.79 Å². The molecule has 0 spiro atoms. The summed E-state index contributed by atoms with van der Waals surface area (Å²) in [6.07, 6.45) is 6.58. The van der Waals surface area contributed by atoms with E-state index in [1.165, 1.54) is 5.57 Å². The molecule has 0 atom stereocenters. The Kier molecular flexibility index (Phi) is 6.89. The number of nitrogens with one attached hydrogen (secondary N) is 1. The van der Waals surface area contributed by atoms with E-state index in [-0.39, 0.29) is 18.1 Å². The molecule has 176 valence electrons. The van der Waals surface area contributed by atoms with Crippen molar-refractivity contribution in [2.24, 2.45) is 5.10 Å². The van der Waals surface area contributed by atoms with Gasteiger partial charge in [0.1, 0.15) is 11.3 Å². The molecule has 2 heterocycles. The average molecular weight is 477 g/mol. The van der Waals surface area contributed by atoms with Crippen molar-refractivity contribution in [2.75, 3.05) is 18.1 Å². The van der Waals surface area contributed by atoms with Crippen LogP contribution in [0.3, 0.4) is 0 Å². The molecule has 3 aromatic rings. The normalized spacial score (nSPS) is 14.7. The number of fused-ring (bicyclic) bond motifs is 2. The van der Waals surface area contributed by atoms with E-state index in [4.69, 9.17) is 16.3 Å². The molecule has 34 heavy (non-hydrogen) atoms. The second-order valence-electron chi connectivity index (χ2n) is 8.94. The van der Waals surface area contributed by atoms with Crippen LogP contribution < -0.4 is 15.1 Å². The lowest BCUT2D eigenvalue weighted by molar-refractivity contribution is -0.123. The van der Waals surface area contributed by atoms with Crippen LogP contribution in [0.5, 0.6) is 5.75 Å². The smallest absolute Gasteiger partial charge is 0.277 e. The molecule has 1 aromatic heterocycles. The van der Waals surface area contributed by atoms with Gasteiger partial charge >= 0.3 is 0 Å². The van der Waals surface area contributed by atoms with Crippen LogP contribution in [-0.2, 0) is 4.79 Å². The molecule has 0 saturated carbocycles. The summed E-state index contributed by atoms with van der Waals surface area (Å²) in [5.74, 6) is 0.182. The van der Waals surface area contributed by atoms with Gasteiger partial charge in [0.05, 0.1) is 16.8 Å². The maximum absolute atomic E-state index is 12.3. The van der Waals surface area contributed by atoms with Gasteiger partial charge < -0.3 is 9.64 Å². The van der Waals surface area contributed by atoms with Crippen LogP contribution >= 0.6 is 11.6 Å². The topological polar surface area (TPSA) is 66.8 Å². The van der Waals surface area contributed by atoms with E-state index in [0.717, 1.165) is 35.2 Å². The number of carbonyl (C=O) groups excluding carboxylic acids is 1. The number of allylic oxidation sites excluding steroid dienone is 1. The fraction of sp³-hybridized carbons (Fsp3) is 0.296. The van der Waals surface area contributed by atoms with E-state index in [1.54, 1.807) is 18.5 Å². The van der Waals surface area contributed by atoms with Gasteiger partial charge in [0, 0.05) is 34.9 Å². The largest absolute Gasteiger partial charge is 0.481 e. The van der Waals surface area contributed by atoms with E-state index in [0.29, 0.717) is 16.3 Å². The highest BCUT2D eigenvalue weighted by atomic mass is 35.5. The zero-order chi connectivity index (χ0) is 24.3. The van der Waals surface area contributed by atoms with E-state index in [2.05, 4.69) is 54.2 Å². The fourth-order valence-electron chi connectivity index (χ4n) is 4.39. The third-order valence-corrected chi connectivity index (χ3v) is 6.22. The molecule has 0 saturated heterocycles. The highest BCUT2D eigenvalue weighted by Crippen LogP contribution is 2.41. The SMILES string of the molecule is CCCN1c2cc(Cl)c(/C=N\NC(=O)COc3cccc4cccnc34)cc2C(C)=CC1(C)C. The molecule has 1 N–H and O–H groups in total. The minimum absolute atomic E-state index is 0.0837. The van der Waals surface area contributed by atoms with Crippen molar-refractivity contribution < 1.29 is 9.53 Å². The second kappa shape index (κ2) is 9.85. The first-order valence-electron chi connectivity index (χ1n) is 11.4.